The van der Waals surface area contributed by atoms with Crippen molar-refractivity contribution >= 4 is 79.8 Å². The number of aryl methyl sites for hydroxylation is 1. The second kappa shape index (κ2) is 12.6. The van der Waals surface area contributed by atoms with E-state index in [0.29, 0.717) is 33.1 Å². The lowest BCUT2D eigenvalue weighted by molar-refractivity contribution is -0.119. The summed E-state index contributed by atoms with van der Waals surface area (Å²) in [5, 5.41) is 4.38. The van der Waals surface area contributed by atoms with E-state index in [1.165, 1.54) is 24.3 Å². The van der Waals surface area contributed by atoms with Gasteiger partial charge >= 0.3 is 0 Å². The van der Waals surface area contributed by atoms with Crippen LogP contribution >= 0.6 is 58.2 Å². The Morgan fingerprint density at radius 1 is 0.914 bits per heavy atom. The fourth-order valence-electron chi connectivity index (χ4n) is 3.08. The first-order valence-corrected chi connectivity index (χ1v) is 14.5. The Morgan fingerprint density at radius 2 is 1.57 bits per heavy atom. The quantitative estimate of drug-likeness (QED) is 0.262. The van der Waals surface area contributed by atoms with Gasteiger partial charge < -0.3 is 5.32 Å². The minimum Gasteiger partial charge on any atom is -0.354 e. The summed E-state index contributed by atoms with van der Waals surface area (Å²) in [4.78, 5) is 12.8. The summed E-state index contributed by atoms with van der Waals surface area (Å²) in [6.45, 7) is 1.74. The van der Waals surface area contributed by atoms with Crippen molar-refractivity contribution in [1.82, 2.24) is 5.32 Å². The molecule has 0 aliphatic rings. The monoisotopic (exact) mass is 590 g/mol. The summed E-state index contributed by atoms with van der Waals surface area (Å²) >= 11 is 26.1. The summed E-state index contributed by atoms with van der Waals surface area (Å²) in [6, 6.07) is 16.2. The molecule has 0 heterocycles. The van der Waals surface area contributed by atoms with Crippen molar-refractivity contribution in [1.29, 1.82) is 0 Å². The number of hydrogen-bond donors (Lipinski definition) is 1. The lowest BCUT2D eigenvalue weighted by atomic mass is 10.2. The molecule has 0 radical (unpaired) electrons. The van der Waals surface area contributed by atoms with Crippen LogP contribution in [0.1, 0.15) is 11.1 Å². The maximum Gasteiger partial charge on any atom is 0.264 e. The third kappa shape index (κ3) is 7.68. The van der Waals surface area contributed by atoms with Crippen LogP contribution in [0, 0.1) is 6.92 Å². The van der Waals surface area contributed by atoms with Gasteiger partial charge in [0.25, 0.3) is 10.0 Å². The number of anilines is 1. The number of sulfonamides is 1. The number of thioether (sulfide) groups is 1. The first-order valence-electron chi connectivity index (χ1n) is 10.4. The van der Waals surface area contributed by atoms with Crippen molar-refractivity contribution in [3.8, 4) is 0 Å². The van der Waals surface area contributed by atoms with Crippen molar-refractivity contribution < 1.29 is 13.2 Å². The van der Waals surface area contributed by atoms with Gasteiger partial charge in [0.05, 0.1) is 15.6 Å². The average Bonchev–Trinajstić information content (AvgIpc) is 2.80. The highest BCUT2D eigenvalue weighted by molar-refractivity contribution is 7.98. The van der Waals surface area contributed by atoms with Crippen LogP contribution in [0.25, 0.3) is 0 Å². The Morgan fingerprint density at radius 3 is 2.26 bits per heavy atom. The average molecular weight is 592 g/mol. The van der Waals surface area contributed by atoms with E-state index in [-0.39, 0.29) is 15.6 Å². The normalized spacial score (nSPS) is 11.3. The number of carbonyl (C=O) groups is 1. The lowest BCUT2D eigenvalue weighted by Gasteiger charge is -2.25. The van der Waals surface area contributed by atoms with Crippen molar-refractivity contribution in [2.45, 2.75) is 17.6 Å². The molecule has 5 nitrogen and oxygen atoms in total. The molecule has 0 unspecified atom stereocenters. The zero-order valence-corrected chi connectivity index (χ0v) is 23.3. The molecule has 0 spiro atoms. The fraction of sp³-hybridized carbons (Fsp3) is 0.208. The predicted molar refractivity (Wildman–Crippen MR) is 148 cm³/mol. The summed E-state index contributed by atoms with van der Waals surface area (Å²) in [6.07, 6.45) is 0. The Balaban J connectivity index is 1.68. The third-order valence-corrected chi connectivity index (χ3v) is 8.84. The van der Waals surface area contributed by atoms with Gasteiger partial charge in [-0.25, -0.2) is 8.42 Å². The van der Waals surface area contributed by atoms with E-state index in [4.69, 9.17) is 46.4 Å². The molecule has 0 aliphatic heterocycles. The van der Waals surface area contributed by atoms with Gasteiger partial charge in [-0.15, -0.1) is 0 Å². The number of rotatable bonds is 10. The van der Waals surface area contributed by atoms with Crippen LogP contribution in [0.2, 0.25) is 20.1 Å². The zero-order valence-electron chi connectivity index (χ0n) is 18.6. The highest BCUT2D eigenvalue weighted by Crippen LogP contribution is 2.33. The molecule has 11 heteroatoms. The van der Waals surface area contributed by atoms with Crippen molar-refractivity contribution in [3.63, 3.8) is 0 Å². The highest BCUT2D eigenvalue weighted by atomic mass is 35.5. The van der Waals surface area contributed by atoms with E-state index in [1.54, 1.807) is 42.1 Å². The maximum atomic E-state index is 13.5. The fourth-order valence-corrected chi connectivity index (χ4v) is 6.37. The molecule has 3 aromatic carbocycles. The van der Waals surface area contributed by atoms with Gasteiger partial charge in [0.2, 0.25) is 5.91 Å². The third-order valence-electron chi connectivity index (χ3n) is 4.91. The summed E-state index contributed by atoms with van der Waals surface area (Å²) in [5.74, 6) is 0.785. The predicted octanol–water partition coefficient (Wildman–Crippen LogP) is 6.85. The zero-order chi connectivity index (χ0) is 25.6. The number of amides is 1. The molecule has 3 aromatic rings. The Labute approximate surface area is 229 Å². The van der Waals surface area contributed by atoms with Crippen LogP contribution in [0.4, 0.5) is 5.69 Å². The van der Waals surface area contributed by atoms with Gasteiger partial charge in [-0.05, 0) is 55.0 Å². The van der Waals surface area contributed by atoms with E-state index >= 15 is 0 Å². The van der Waals surface area contributed by atoms with Crippen molar-refractivity contribution in [2.75, 3.05) is 23.1 Å². The molecule has 1 N–H and O–H groups in total. The van der Waals surface area contributed by atoms with Crippen LogP contribution in [-0.4, -0.2) is 33.2 Å². The molecular formula is C24H22Cl4N2O3S2. The minimum absolute atomic E-state index is 0.0438. The molecule has 0 bridgehead atoms. The van der Waals surface area contributed by atoms with Gasteiger partial charge in [0.15, 0.2) is 0 Å². The molecule has 0 fully saturated rings. The van der Waals surface area contributed by atoms with Crippen molar-refractivity contribution in [2.24, 2.45) is 0 Å². The van der Waals surface area contributed by atoms with Crippen molar-refractivity contribution in [3.05, 3.63) is 91.9 Å². The summed E-state index contributed by atoms with van der Waals surface area (Å²) in [5.41, 5.74) is 1.98. The lowest BCUT2D eigenvalue weighted by Crippen LogP contribution is -2.41. The van der Waals surface area contributed by atoms with Gasteiger partial charge in [0, 0.05) is 33.1 Å². The smallest absolute Gasteiger partial charge is 0.264 e. The molecule has 1 amide bonds. The van der Waals surface area contributed by atoms with Crippen LogP contribution in [0.5, 0.6) is 0 Å². The molecule has 35 heavy (non-hydrogen) atoms. The van der Waals surface area contributed by atoms with E-state index in [1.807, 2.05) is 13.0 Å². The molecule has 0 atom stereocenters. The van der Waals surface area contributed by atoms with Gasteiger partial charge in [0.1, 0.15) is 6.54 Å². The number of benzene rings is 3. The second-order valence-electron chi connectivity index (χ2n) is 7.56. The van der Waals surface area contributed by atoms with Gasteiger partial charge in [-0.1, -0.05) is 70.2 Å². The number of carbonyl (C=O) groups excluding carboxylic acids is 1. The SMILES string of the molecule is Cc1ccc(S(=O)(=O)N(CC(=O)NCCSCc2ccc(Cl)cc2Cl)c2cc(Cl)ccc2Cl)cc1. The van der Waals surface area contributed by atoms with E-state index in [0.717, 1.165) is 15.4 Å². The molecular weight excluding hydrogens is 570 g/mol. The molecule has 0 aromatic heterocycles. The highest BCUT2D eigenvalue weighted by Gasteiger charge is 2.29. The number of halogens is 4. The Kier molecular flexibility index (Phi) is 10.0. The largest absolute Gasteiger partial charge is 0.354 e. The summed E-state index contributed by atoms with van der Waals surface area (Å²) in [7, 11) is -4.09. The summed E-state index contributed by atoms with van der Waals surface area (Å²) < 4.78 is 27.9. The Bertz CT molecular complexity index is 1300. The van der Waals surface area contributed by atoms with Gasteiger partial charge in [-0.3, -0.25) is 9.10 Å². The van der Waals surface area contributed by atoms with Crippen LogP contribution in [0.3, 0.4) is 0 Å². The second-order valence-corrected chi connectivity index (χ2v) is 12.2. The van der Waals surface area contributed by atoms with E-state index in [2.05, 4.69) is 5.32 Å². The van der Waals surface area contributed by atoms with Crippen LogP contribution in [-0.2, 0) is 20.6 Å². The molecule has 0 saturated heterocycles. The molecule has 3 rings (SSSR count). The minimum atomic E-state index is -4.09. The number of hydrogen-bond acceptors (Lipinski definition) is 4. The molecule has 0 aliphatic carbocycles. The standard InChI is InChI=1S/C24H22Cl4N2O3S2/c1-16-2-7-20(8-3-16)35(32,33)30(23-13-19(26)6-9-21(23)27)14-24(31)29-10-11-34-15-17-4-5-18(25)12-22(17)28/h2-9,12-13H,10-11,14-15H2,1H3,(H,29,31). The molecule has 0 saturated carbocycles. The Hall–Kier alpha value is -1.61. The topological polar surface area (TPSA) is 66.5 Å². The van der Waals surface area contributed by atoms with E-state index < -0.39 is 22.5 Å². The first kappa shape index (κ1) is 28.0. The van der Waals surface area contributed by atoms with E-state index in [9.17, 15) is 13.2 Å². The maximum absolute atomic E-state index is 13.5. The number of nitrogens with zero attached hydrogens (tertiary/aromatic N) is 1. The van der Waals surface area contributed by atoms with Gasteiger partial charge in [-0.2, -0.15) is 11.8 Å². The number of nitrogens with one attached hydrogen (secondary N) is 1. The first-order chi connectivity index (χ1) is 16.6. The molecule has 186 valence electrons. The van der Waals surface area contributed by atoms with Crippen LogP contribution in [0.15, 0.2) is 65.6 Å². The van der Waals surface area contributed by atoms with Crippen LogP contribution < -0.4 is 9.62 Å².